The average Bonchev–Trinajstić information content (AvgIpc) is 2.34. The number of hydrogen-bond acceptors (Lipinski definition) is 3. The molecule has 104 valence electrons. The molecule has 0 heterocycles. The first-order chi connectivity index (χ1) is 8.90. The molecule has 0 aromatic heterocycles. The van der Waals surface area contributed by atoms with Crippen LogP contribution in [0.4, 0.5) is 0 Å². The van der Waals surface area contributed by atoms with E-state index >= 15 is 0 Å². The molecule has 0 aliphatic heterocycles. The highest BCUT2D eigenvalue weighted by Gasteiger charge is 2.17. The van der Waals surface area contributed by atoms with Gasteiger partial charge in [0.25, 0.3) is 0 Å². The topological polar surface area (TPSA) is 77.8 Å². The molecule has 1 unspecified atom stereocenters. The average molecular weight is 286 g/mol. The van der Waals surface area contributed by atoms with E-state index in [-0.39, 0.29) is 18.9 Å². The van der Waals surface area contributed by atoms with Gasteiger partial charge in [-0.05, 0) is 30.0 Å². The number of carboxylic acid groups (broad SMARTS) is 1. The normalized spacial score (nSPS) is 11.9. The SMILES string of the molecule is CC(=O)N(O)CCC(CC(=O)O)c1ccc(Cl)cc1. The van der Waals surface area contributed by atoms with Gasteiger partial charge in [0.2, 0.25) is 5.91 Å². The third kappa shape index (κ3) is 5.28. The lowest BCUT2D eigenvalue weighted by atomic mass is 9.92. The quantitative estimate of drug-likeness (QED) is 0.622. The van der Waals surface area contributed by atoms with Gasteiger partial charge in [0, 0.05) is 18.5 Å². The van der Waals surface area contributed by atoms with Crippen molar-refractivity contribution in [2.24, 2.45) is 0 Å². The van der Waals surface area contributed by atoms with E-state index in [1.165, 1.54) is 6.92 Å². The van der Waals surface area contributed by atoms with Crippen LogP contribution in [-0.2, 0) is 9.59 Å². The largest absolute Gasteiger partial charge is 0.481 e. The summed E-state index contributed by atoms with van der Waals surface area (Å²) in [5.41, 5.74) is 0.823. The summed E-state index contributed by atoms with van der Waals surface area (Å²) in [4.78, 5) is 21.8. The smallest absolute Gasteiger partial charge is 0.303 e. The summed E-state index contributed by atoms with van der Waals surface area (Å²) in [5.74, 6) is -1.67. The van der Waals surface area contributed by atoms with E-state index < -0.39 is 11.9 Å². The van der Waals surface area contributed by atoms with E-state index in [2.05, 4.69) is 0 Å². The lowest BCUT2D eigenvalue weighted by Gasteiger charge is -2.19. The van der Waals surface area contributed by atoms with E-state index in [4.69, 9.17) is 16.7 Å². The van der Waals surface area contributed by atoms with Crippen LogP contribution in [0.3, 0.4) is 0 Å². The van der Waals surface area contributed by atoms with Crippen LogP contribution in [0.5, 0.6) is 0 Å². The fraction of sp³-hybridized carbons (Fsp3) is 0.385. The van der Waals surface area contributed by atoms with Gasteiger partial charge in [0.1, 0.15) is 0 Å². The van der Waals surface area contributed by atoms with E-state index in [0.29, 0.717) is 16.5 Å². The molecule has 0 spiro atoms. The Morgan fingerprint density at radius 1 is 1.32 bits per heavy atom. The van der Waals surface area contributed by atoms with Crippen LogP contribution in [-0.4, -0.2) is 33.8 Å². The van der Waals surface area contributed by atoms with Crippen LogP contribution in [0.1, 0.15) is 31.2 Å². The molecule has 1 amide bonds. The van der Waals surface area contributed by atoms with Crippen LogP contribution in [0.2, 0.25) is 5.02 Å². The zero-order chi connectivity index (χ0) is 14.4. The molecule has 0 aliphatic rings. The molecule has 5 nitrogen and oxygen atoms in total. The van der Waals surface area contributed by atoms with E-state index in [1.54, 1.807) is 24.3 Å². The van der Waals surface area contributed by atoms with Gasteiger partial charge in [0.05, 0.1) is 6.42 Å². The Labute approximate surface area is 116 Å². The van der Waals surface area contributed by atoms with Gasteiger partial charge in [-0.15, -0.1) is 0 Å². The molecule has 1 aromatic carbocycles. The van der Waals surface area contributed by atoms with Gasteiger partial charge in [-0.2, -0.15) is 0 Å². The molecule has 0 saturated carbocycles. The third-order valence-corrected chi connectivity index (χ3v) is 3.07. The molecular formula is C13H16ClNO4. The summed E-state index contributed by atoms with van der Waals surface area (Å²) >= 11 is 5.78. The summed E-state index contributed by atoms with van der Waals surface area (Å²) in [6, 6.07) is 6.89. The molecule has 1 atom stereocenters. The number of benzene rings is 1. The zero-order valence-corrected chi connectivity index (χ0v) is 11.3. The predicted octanol–water partition coefficient (Wildman–Crippen LogP) is 2.53. The van der Waals surface area contributed by atoms with Gasteiger partial charge in [-0.25, -0.2) is 5.06 Å². The van der Waals surface area contributed by atoms with Crippen LogP contribution in [0.15, 0.2) is 24.3 Å². The molecular weight excluding hydrogens is 270 g/mol. The van der Waals surface area contributed by atoms with Crippen molar-refractivity contribution < 1.29 is 19.9 Å². The number of hydroxylamine groups is 2. The predicted molar refractivity (Wildman–Crippen MR) is 70.2 cm³/mol. The van der Waals surface area contributed by atoms with Gasteiger partial charge in [-0.3, -0.25) is 14.8 Å². The molecule has 6 heteroatoms. The molecule has 0 aliphatic carbocycles. The second-order valence-corrected chi connectivity index (χ2v) is 4.71. The van der Waals surface area contributed by atoms with Gasteiger partial charge < -0.3 is 5.11 Å². The standard InChI is InChI=1S/C13H16ClNO4/c1-9(16)15(19)7-6-11(8-13(17)18)10-2-4-12(14)5-3-10/h2-5,11,19H,6-8H2,1H3,(H,17,18). The molecule has 0 bridgehead atoms. The summed E-state index contributed by atoms with van der Waals surface area (Å²) < 4.78 is 0. The summed E-state index contributed by atoms with van der Waals surface area (Å²) in [7, 11) is 0. The number of nitrogens with zero attached hydrogens (tertiary/aromatic N) is 1. The fourth-order valence-electron chi connectivity index (χ4n) is 1.77. The Kier molecular flexibility index (Phi) is 5.79. The van der Waals surface area contributed by atoms with Crippen molar-refractivity contribution in [3.8, 4) is 0 Å². The summed E-state index contributed by atoms with van der Waals surface area (Å²) in [6.07, 6.45) is 0.303. The molecule has 0 radical (unpaired) electrons. The van der Waals surface area contributed by atoms with Gasteiger partial charge in [0.15, 0.2) is 0 Å². The van der Waals surface area contributed by atoms with Crippen molar-refractivity contribution in [2.45, 2.75) is 25.7 Å². The van der Waals surface area contributed by atoms with Crippen LogP contribution in [0.25, 0.3) is 0 Å². The molecule has 0 saturated heterocycles. The van der Waals surface area contributed by atoms with Crippen molar-refractivity contribution in [2.75, 3.05) is 6.54 Å². The van der Waals surface area contributed by atoms with Crippen molar-refractivity contribution in [1.82, 2.24) is 5.06 Å². The third-order valence-electron chi connectivity index (χ3n) is 2.82. The highest BCUT2D eigenvalue weighted by molar-refractivity contribution is 6.30. The Morgan fingerprint density at radius 2 is 1.89 bits per heavy atom. The first-order valence-corrected chi connectivity index (χ1v) is 6.22. The molecule has 1 aromatic rings. The Hall–Kier alpha value is -1.59. The molecule has 0 fully saturated rings. The minimum atomic E-state index is -0.924. The lowest BCUT2D eigenvalue weighted by Crippen LogP contribution is -2.27. The minimum Gasteiger partial charge on any atom is -0.481 e. The summed E-state index contributed by atoms with van der Waals surface area (Å²) in [5, 5.41) is 19.4. The van der Waals surface area contributed by atoms with Crippen molar-refractivity contribution >= 4 is 23.5 Å². The maximum atomic E-state index is 10.9. The van der Waals surface area contributed by atoms with E-state index in [9.17, 15) is 14.8 Å². The number of amides is 1. The van der Waals surface area contributed by atoms with E-state index in [1.807, 2.05) is 0 Å². The minimum absolute atomic E-state index is 0.0621. The van der Waals surface area contributed by atoms with Gasteiger partial charge in [-0.1, -0.05) is 23.7 Å². The number of carbonyl (C=O) groups excluding carboxylic acids is 1. The number of halogens is 1. The maximum Gasteiger partial charge on any atom is 0.303 e. The number of aliphatic carboxylic acids is 1. The number of carboxylic acids is 1. The summed E-state index contributed by atoms with van der Waals surface area (Å²) in [6.45, 7) is 1.34. The fourth-order valence-corrected chi connectivity index (χ4v) is 1.89. The maximum absolute atomic E-state index is 10.9. The monoisotopic (exact) mass is 285 g/mol. The zero-order valence-electron chi connectivity index (χ0n) is 10.5. The number of rotatable bonds is 6. The van der Waals surface area contributed by atoms with Crippen LogP contribution < -0.4 is 0 Å². The van der Waals surface area contributed by atoms with Crippen molar-refractivity contribution in [3.05, 3.63) is 34.9 Å². The highest BCUT2D eigenvalue weighted by Crippen LogP contribution is 2.25. The first kappa shape index (κ1) is 15.5. The van der Waals surface area contributed by atoms with Crippen LogP contribution >= 0.6 is 11.6 Å². The number of hydrogen-bond donors (Lipinski definition) is 2. The second kappa shape index (κ2) is 7.11. The number of carbonyl (C=O) groups is 2. The van der Waals surface area contributed by atoms with Crippen molar-refractivity contribution in [3.63, 3.8) is 0 Å². The lowest BCUT2D eigenvalue weighted by molar-refractivity contribution is -0.163. The Morgan fingerprint density at radius 3 is 2.37 bits per heavy atom. The van der Waals surface area contributed by atoms with E-state index in [0.717, 1.165) is 5.56 Å². The van der Waals surface area contributed by atoms with Crippen molar-refractivity contribution in [1.29, 1.82) is 0 Å². The Balaban J connectivity index is 2.74. The van der Waals surface area contributed by atoms with Gasteiger partial charge >= 0.3 is 5.97 Å². The second-order valence-electron chi connectivity index (χ2n) is 4.28. The molecule has 1 rings (SSSR count). The van der Waals surface area contributed by atoms with Crippen LogP contribution in [0, 0.1) is 0 Å². The molecule has 2 N–H and O–H groups in total. The first-order valence-electron chi connectivity index (χ1n) is 5.84. The molecule has 19 heavy (non-hydrogen) atoms. The highest BCUT2D eigenvalue weighted by atomic mass is 35.5. The Bertz CT molecular complexity index is 446.